The van der Waals surface area contributed by atoms with Gasteiger partial charge in [0.15, 0.2) is 15.0 Å². The van der Waals surface area contributed by atoms with Crippen LogP contribution in [0, 0.1) is 0 Å². The molecular weight excluding hydrogens is 450 g/mol. The maximum absolute atomic E-state index is 13.1. The van der Waals surface area contributed by atoms with Crippen molar-refractivity contribution in [1.82, 2.24) is 14.5 Å². The topological polar surface area (TPSA) is 98.6 Å². The van der Waals surface area contributed by atoms with Crippen LogP contribution < -0.4 is 5.56 Å². The summed E-state index contributed by atoms with van der Waals surface area (Å²) in [6.45, 7) is 7.20. The predicted octanol–water partition coefficient (Wildman–Crippen LogP) is 2.34. The van der Waals surface area contributed by atoms with Gasteiger partial charge in [0, 0.05) is 25.7 Å². The van der Waals surface area contributed by atoms with Gasteiger partial charge in [0.1, 0.15) is 0 Å². The van der Waals surface area contributed by atoms with E-state index in [9.17, 15) is 18.0 Å². The van der Waals surface area contributed by atoms with Gasteiger partial charge < -0.3 is 9.64 Å². The number of hydrogen-bond acceptors (Lipinski definition) is 7. The molecule has 1 amide bonds. The fourth-order valence-corrected chi connectivity index (χ4v) is 6.51. The second-order valence-electron chi connectivity index (χ2n) is 8.17. The number of aromatic nitrogens is 2. The molecule has 32 heavy (non-hydrogen) atoms. The zero-order valence-corrected chi connectivity index (χ0v) is 20.5. The van der Waals surface area contributed by atoms with Gasteiger partial charge in [-0.2, -0.15) is 0 Å². The quantitative estimate of drug-likeness (QED) is 0.292. The Balaban J connectivity index is 1.78. The maximum Gasteiger partial charge on any atom is 0.262 e. The van der Waals surface area contributed by atoms with E-state index in [4.69, 9.17) is 4.74 Å². The van der Waals surface area contributed by atoms with E-state index in [2.05, 4.69) is 4.98 Å². The summed E-state index contributed by atoms with van der Waals surface area (Å²) in [6, 6.07) is 6.90. The van der Waals surface area contributed by atoms with E-state index >= 15 is 0 Å². The molecule has 0 radical (unpaired) electrons. The third kappa shape index (κ3) is 6.11. The van der Waals surface area contributed by atoms with Gasteiger partial charge in [0.05, 0.1) is 34.3 Å². The molecule has 1 aliphatic rings. The van der Waals surface area contributed by atoms with Crippen molar-refractivity contribution in [3.05, 3.63) is 34.6 Å². The molecule has 2 heterocycles. The number of thioether (sulfide) groups is 1. The van der Waals surface area contributed by atoms with Crippen LogP contribution in [0.25, 0.3) is 10.9 Å². The van der Waals surface area contributed by atoms with Crippen LogP contribution in [0.2, 0.25) is 0 Å². The van der Waals surface area contributed by atoms with E-state index in [0.29, 0.717) is 48.6 Å². The molecule has 0 saturated carbocycles. The summed E-state index contributed by atoms with van der Waals surface area (Å²) < 4.78 is 30.9. The minimum atomic E-state index is -3.08. The maximum atomic E-state index is 13.1. The molecule has 1 aromatic heterocycles. The van der Waals surface area contributed by atoms with E-state index < -0.39 is 9.84 Å². The summed E-state index contributed by atoms with van der Waals surface area (Å²) in [6.07, 6.45) is 1.24. The van der Waals surface area contributed by atoms with Crippen molar-refractivity contribution in [1.29, 1.82) is 0 Å². The zero-order chi connectivity index (χ0) is 23.3. The Morgan fingerprint density at radius 2 is 2.09 bits per heavy atom. The molecule has 0 aliphatic carbocycles. The number of para-hydroxylation sites is 1. The summed E-state index contributed by atoms with van der Waals surface area (Å²) in [4.78, 5) is 32.3. The Hall–Kier alpha value is -1.91. The number of sulfone groups is 1. The van der Waals surface area contributed by atoms with E-state index in [1.165, 1.54) is 11.8 Å². The largest absolute Gasteiger partial charge is 0.379 e. The Kier molecular flexibility index (Phi) is 8.35. The fourth-order valence-electron chi connectivity index (χ4n) is 3.87. The summed E-state index contributed by atoms with van der Waals surface area (Å²) in [5, 5.41) is 1.03. The standard InChI is InChI=1S/C22H31N3O5S2/c1-4-24(17-10-13-32(28,29)15-17)20(26)14-31-22-23-19-9-6-5-8-18(19)21(27)25(22)11-7-12-30-16(2)3/h5-6,8-9,16-17H,4,7,10-15H2,1-3H3. The van der Waals surface area contributed by atoms with Crippen LogP contribution in [0.4, 0.5) is 0 Å². The Morgan fingerprint density at radius 3 is 2.75 bits per heavy atom. The third-order valence-electron chi connectivity index (χ3n) is 5.44. The molecule has 1 atom stereocenters. The molecule has 0 spiro atoms. The lowest BCUT2D eigenvalue weighted by molar-refractivity contribution is -0.129. The van der Waals surface area contributed by atoms with Crippen LogP contribution in [0.5, 0.6) is 0 Å². The molecule has 10 heteroatoms. The number of rotatable bonds is 10. The number of amides is 1. The number of ether oxygens (including phenoxy) is 1. The Labute approximate surface area is 193 Å². The van der Waals surface area contributed by atoms with Gasteiger partial charge in [-0.25, -0.2) is 13.4 Å². The van der Waals surface area contributed by atoms with E-state index in [1.807, 2.05) is 32.9 Å². The zero-order valence-electron chi connectivity index (χ0n) is 18.8. The SMILES string of the molecule is CCN(C(=O)CSc1nc2ccccc2c(=O)n1CCCOC(C)C)C1CCS(=O)(=O)C1. The van der Waals surface area contributed by atoms with Gasteiger partial charge in [-0.15, -0.1) is 0 Å². The van der Waals surface area contributed by atoms with Crippen LogP contribution in [0.15, 0.2) is 34.2 Å². The second kappa shape index (κ2) is 10.8. The summed E-state index contributed by atoms with van der Waals surface area (Å²) in [5.74, 6) is 0.0966. The molecule has 1 aromatic carbocycles. The molecule has 3 rings (SSSR count). The first-order valence-electron chi connectivity index (χ1n) is 11.0. The van der Waals surface area contributed by atoms with Crippen molar-refractivity contribution in [3.63, 3.8) is 0 Å². The van der Waals surface area contributed by atoms with Crippen LogP contribution >= 0.6 is 11.8 Å². The first-order valence-corrected chi connectivity index (χ1v) is 13.8. The molecule has 2 aromatic rings. The fraction of sp³-hybridized carbons (Fsp3) is 0.591. The van der Waals surface area contributed by atoms with Crippen molar-refractivity contribution < 1.29 is 17.9 Å². The van der Waals surface area contributed by atoms with Crippen LogP contribution in [0.1, 0.15) is 33.6 Å². The van der Waals surface area contributed by atoms with Gasteiger partial charge in [-0.1, -0.05) is 23.9 Å². The highest BCUT2D eigenvalue weighted by Crippen LogP contribution is 2.22. The molecule has 176 valence electrons. The van der Waals surface area contributed by atoms with E-state index in [-0.39, 0.29) is 40.9 Å². The lowest BCUT2D eigenvalue weighted by atomic mass is 10.2. The number of hydrogen-bond donors (Lipinski definition) is 0. The van der Waals surface area contributed by atoms with Crippen molar-refractivity contribution in [2.45, 2.75) is 57.5 Å². The van der Waals surface area contributed by atoms with Crippen molar-refractivity contribution in [2.75, 3.05) is 30.4 Å². The molecule has 1 unspecified atom stereocenters. The third-order valence-corrected chi connectivity index (χ3v) is 8.15. The Morgan fingerprint density at radius 1 is 1.34 bits per heavy atom. The van der Waals surface area contributed by atoms with Crippen molar-refractivity contribution in [3.8, 4) is 0 Å². The predicted molar refractivity (Wildman–Crippen MR) is 127 cm³/mol. The molecule has 0 N–H and O–H groups in total. The number of fused-ring (bicyclic) bond motifs is 1. The minimum absolute atomic E-state index is 0.0199. The van der Waals surface area contributed by atoms with Crippen LogP contribution in [0.3, 0.4) is 0 Å². The lowest BCUT2D eigenvalue weighted by Gasteiger charge is -2.26. The van der Waals surface area contributed by atoms with E-state index in [1.54, 1.807) is 21.6 Å². The normalized spacial score (nSPS) is 17.8. The first-order chi connectivity index (χ1) is 15.2. The average molecular weight is 482 g/mol. The van der Waals surface area contributed by atoms with E-state index in [0.717, 1.165) is 0 Å². The molecule has 1 fully saturated rings. The van der Waals surface area contributed by atoms with Crippen LogP contribution in [-0.2, 0) is 25.9 Å². The highest BCUT2D eigenvalue weighted by atomic mass is 32.2. The first kappa shape index (κ1) is 24.7. The number of carbonyl (C=O) groups is 1. The van der Waals surface area contributed by atoms with Gasteiger partial charge in [0.2, 0.25) is 5.91 Å². The molecule has 1 aliphatic heterocycles. The molecule has 8 nitrogen and oxygen atoms in total. The Bertz CT molecular complexity index is 1110. The summed E-state index contributed by atoms with van der Waals surface area (Å²) in [7, 11) is -3.08. The highest BCUT2D eigenvalue weighted by molar-refractivity contribution is 7.99. The second-order valence-corrected chi connectivity index (χ2v) is 11.3. The van der Waals surface area contributed by atoms with Crippen molar-refractivity contribution in [2.24, 2.45) is 0 Å². The molecule has 0 bridgehead atoms. The number of nitrogens with zero attached hydrogens (tertiary/aromatic N) is 3. The number of carbonyl (C=O) groups excluding carboxylic acids is 1. The number of benzene rings is 1. The average Bonchev–Trinajstić information content (AvgIpc) is 3.10. The molecular formula is C22H31N3O5S2. The van der Waals surface area contributed by atoms with Gasteiger partial charge in [-0.05, 0) is 45.7 Å². The summed E-state index contributed by atoms with van der Waals surface area (Å²) >= 11 is 1.22. The molecule has 1 saturated heterocycles. The smallest absolute Gasteiger partial charge is 0.262 e. The lowest BCUT2D eigenvalue weighted by Crippen LogP contribution is -2.42. The highest BCUT2D eigenvalue weighted by Gasteiger charge is 2.33. The van der Waals surface area contributed by atoms with Crippen LogP contribution in [-0.4, -0.2) is 71.3 Å². The minimum Gasteiger partial charge on any atom is -0.379 e. The van der Waals surface area contributed by atoms with Crippen molar-refractivity contribution >= 4 is 38.4 Å². The monoisotopic (exact) mass is 481 g/mol. The van der Waals surface area contributed by atoms with Gasteiger partial charge >= 0.3 is 0 Å². The summed E-state index contributed by atoms with van der Waals surface area (Å²) in [5.41, 5.74) is 0.459. The van der Waals surface area contributed by atoms with Gasteiger partial charge in [0.25, 0.3) is 5.56 Å². The van der Waals surface area contributed by atoms with Gasteiger partial charge in [-0.3, -0.25) is 14.2 Å².